The van der Waals surface area contributed by atoms with E-state index in [0.717, 1.165) is 30.0 Å². The highest BCUT2D eigenvalue weighted by molar-refractivity contribution is 7.92. The number of halogens is 4. The number of rotatable bonds is 11. The van der Waals surface area contributed by atoms with Crippen molar-refractivity contribution in [1.29, 1.82) is 0 Å². The molecule has 0 heterocycles. The number of nitrogens with one attached hydrogen (secondary N) is 1. The minimum Gasteiger partial charge on any atom is -0.352 e. The van der Waals surface area contributed by atoms with Crippen LogP contribution in [0.5, 0.6) is 0 Å². The highest BCUT2D eigenvalue weighted by Gasteiger charge is 2.35. The summed E-state index contributed by atoms with van der Waals surface area (Å²) in [6, 6.07) is 16.4. The number of carbonyl (C=O) groups excluding carboxylic acids is 2. The molecule has 1 aliphatic carbocycles. The molecule has 0 bridgehead atoms. The van der Waals surface area contributed by atoms with Gasteiger partial charge in [0.25, 0.3) is 10.0 Å². The Morgan fingerprint density at radius 2 is 1.60 bits per heavy atom. The minimum atomic E-state index is -4.27. The van der Waals surface area contributed by atoms with Crippen LogP contribution in [0, 0.1) is 0 Å². The molecule has 1 fully saturated rings. The Balaban J connectivity index is 1.75. The van der Waals surface area contributed by atoms with Gasteiger partial charge in [0.05, 0.1) is 30.7 Å². The molecular weight excluding hydrogens is 640 g/mol. The van der Waals surface area contributed by atoms with Crippen molar-refractivity contribution in [2.24, 2.45) is 0 Å². The summed E-state index contributed by atoms with van der Waals surface area (Å²) >= 11 is 25.1. The summed E-state index contributed by atoms with van der Waals surface area (Å²) in [6.07, 6.45) is 4.11. The van der Waals surface area contributed by atoms with Gasteiger partial charge in [-0.1, -0.05) is 96.5 Å². The lowest BCUT2D eigenvalue weighted by Crippen LogP contribution is -2.53. The molecule has 0 spiro atoms. The van der Waals surface area contributed by atoms with E-state index in [1.807, 2.05) is 0 Å². The summed E-state index contributed by atoms with van der Waals surface area (Å²) in [7, 11) is -4.27. The number of nitrogens with zero attached hydrogens (tertiary/aromatic N) is 2. The first-order chi connectivity index (χ1) is 20.0. The maximum Gasteiger partial charge on any atom is 0.264 e. The van der Waals surface area contributed by atoms with E-state index in [0.29, 0.717) is 22.0 Å². The third-order valence-corrected chi connectivity index (χ3v) is 10.6. The quantitative estimate of drug-likeness (QED) is 0.231. The number of anilines is 1. The van der Waals surface area contributed by atoms with Crippen molar-refractivity contribution in [2.45, 2.75) is 62.6 Å². The molecule has 1 saturated carbocycles. The lowest BCUT2D eigenvalue weighted by atomic mass is 10.1. The number of benzene rings is 3. The lowest BCUT2D eigenvalue weighted by molar-refractivity contribution is -0.140. The summed E-state index contributed by atoms with van der Waals surface area (Å²) in [5.74, 6) is -0.902. The van der Waals surface area contributed by atoms with E-state index >= 15 is 0 Å². The summed E-state index contributed by atoms with van der Waals surface area (Å²) < 4.78 is 28.8. The third kappa shape index (κ3) is 7.53. The van der Waals surface area contributed by atoms with Crippen LogP contribution in [-0.2, 0) is 26.2 Å². The molecule has 3 aromatic rings. The summed E-state index contributed by atoms with van der Waals surface area (Å²) in [5.41, 5.74) is 0.669. The van der Waals surface area contributed by atoms with Crippen LogP contribution < -0.4 is 9.62 Å². The first kappa shape index (κ1) is 32.4. The van der Waals surface area contributed by atoms with Gasteiger partial charge in [0.15, 0.2) is 0 Å². The Morgan fingerprint density at radius 3 is 2.24 bits per heavy atom. The van der Waals surface area contributed by atoms with Gasteiger partial charge >= 0.3 is 0 Å². The molecule has 0 aromatic heterocycles. The molecule has 2 amide bonds. The third-order valence-electron chi connectivity index (χ3n) is 7.23. The molecule has 0 saturated heterocycles. The van der Waals surface area contributed by atoms with Crippen molar-refractivity contribution < 1.29 is 18.0 Å². The van der Waals surface area contributed by atoms with Crippen LogP contribution in [0.4, 0.5) is 5.69 Å². The van der Waals surface area contributed by atoms with E-state index in [2.05, 4.69) is 5.32 Å². The Kier molecular flexibility index (Phi) is 11.1. The van der Waals surface area contributed by atoms with Crippen LogP contribution in [0.15, 0.2) is 71.6 Å². The smallest absolute Gasteiger partial charge is 0.264 e. The van der Waals surface area contributed by atoms with Crippen LogP contribution in [0.25, 0.3) is 0 Å². The fourth-order valence-electron chi connectivity index (χ4n) is 5.04. The van der Waals surface area contributed by atoms with E-state index in [-0.39, 0.29) is 39.1 Å². The second-order valence-corrected chi connectivity index (χ2v) is 13.5. The number of amides is 2. The molecular formula is C30H31Cl4N3O4S. The standard InChI is InChI=1S/C30H31Cl4N3O4S/c1-2-26(30(39)35-21-9-6-7-10-21)36(18-20-15-16-23(31)25(33)17-20)28(38)19-37(27-14-8-13-24(32)29(27)34)42(40,41)22-11-4-3-5-12-22/h3-5,8,11-17,21,26H,2,6-7,9-10,18-19H2,1H3,(H,35,39)/t26-/m0/s1. The van der Waals surface area contributed by atoms with Crippen molar-refractivity contribution in [2.75, 3.05) is 10.8 Å². The highest BCUT2D eigenvalue weighted by atomic mass is 35.5. The topological polar surface area (TPSA) is 86.8 Å². The number of hydrogen-bond donors (Lipinski definition) is 1. The number of hydrogen-bond acceptors (Lipinski definition) is 4. The molecule has 0 aliphatic heterocycles. The lowest BCUT2D eigenvalue weighted by Gasteiger charge is -2.34. The van der Waals surface area contributed by atoms with Crippen molar-refractivity contribution in [3.63, 3.8) is 0 Å². The molecule has 12 heteroatoms. The van der Waals surface area contributed by atoms with Gasteiger partial charge in [0.1, 0.15) is 12.6 Å². The average molecular weight is 671 g/mol. The number of sulfonamides is 1. The van der Waals surface area contributed by atoms with E-state index < -0.39 is 28.5 Å². The van der Waals surface area contributed by atoms with Gasteiger partial charge in [-0.2, -0.15) is 0 Å². The van der Waals surface area contributed by atoms with E-state index in [4.69, 9.17) is 46.4 Å². The Morgan fingerprint density at radius 1 is 0.905 bits per heavy atom. The Hall–Kier alpha value is -2.49. The zero-order chi connectivity index (χ0) is 30.4. The second kappa shape index (κ2) is 14.3. The maximum absolute atomic E-state index is 14.2. The largest absolute Gasteiger partial charge is 0.352 e. The van der Waals surface area contributed by atoms with Gasteiger partial charge in [-0.25, -0.2) is 8.42 Å². The molecule has 0 radical (unpaired) electrons. The molecule has 42 heavy (non-hydrogen) atoms. The van der Waals surface area contributed by atoms with Crippen molar-refractivity contribution >= 4 is 73.9 Å². The summed E-state index contributed by atoms with van der Waals surface area (Å²) in [6.45, 7) is 1.17. The van der Waals surface area contributed by atoms with Gasteiger partial charge < -0.3 is 10.2 Å². The van der Waals surface area contributed by atoms with Gasteiger partial charge in [-0.15, -0.1) is 0 Å². The predicted molar refractivity (Wildman–Crippen MR) is 169 cm³/mol. The number of carbonyl (C=O) groups is 2. The average Bonchev–Trinajstić information content (AvgIpc) is 3.48. The maximum atomic E-state index is 14.2. The summed E-state index contributed by atoms with van der Waals surface area (Å²) in [4.78, 5) is 29.1. The molecule has 3 aromatic carbocycles. The monoisotopic (exact) mass is 669 g/mol. The fraction of sp³-hybridized carbons (Fsp3) is 0.333. The predicted octanol–water partition coefficient (Wildman–Crippen LogP) is 7.36. The normalized spacial score (nSPS) is 14.4. The molecule has 0 unspecified atom stereocenters. The van der Waals surface area contributed by atoms with Gasteiger partial charge in [0.2, 0.25) is 11.8 Å². The van der Waals surface area contributed by atoms with Crippen LogP contribution in [0.3, 0.4) is 0 Å². The molecule has 1 aliphatic rings. The van der Waals surface area contributed by atoms with E-state index in [1.54, 1.807) is 49.4 Å². The van der Waals surface area contributed by atoms with Gasteiger partial charge in [0, 0.05) is 12.6 Å². The van der Waals surface area contributed by atoms with Crippen LogP contribution in [0.1, 0.15) is 44.6 Å². The van der Waals surface area contributed by atoms with Crippen molar-refractivity contribution in [3.8, 4) is 0 Å². The van der Waals surface area contributed by atoms with Gasteiger partial charge in [-0.05, 0) is 61.2 Å². The fourth-order valence-corrected chi connectivity index (χ4v) is 7.26. The Labute approximate surface area is 266 Å². The van der Waals surface area contributed by atoms with Crippen molar-refractivity contribution in [3.05, 3.63) is 92.4 Å². The molecule has 7 nitrogen and oxygen atoms in total. The first-order valence-corrected chi connectivity index (χ1v) is 16.5. The van der Waals surface area contributed by atoms with E-state index in [1.165, 1.54) is 29.2 Å². The SMILES string of the molecule is CC[C@@H](C(=O)NC1CCCC1)N(Cc1ccc(Cl)c(Cl)c1)C(=O)CN(c1cccc(Cl)c1Cl)S(=O)(=O)c1ccccc1. The first-order valence-electron chi connectivity index (χ1n) is 13.6. The highest BCUT2D eigenvalue weighted by Crippen LogP contribution is 2.36. The van der Waals surface area contributed by atoms with Crippen LogP contribution in [-0.4, -0.2) is 43.8 Å². The van der Waals surface area contributed by atoms with Crippen LogP contribution >= 0.6 is 46.4 Å². The Bertz CT molecular complexity index is 1530. The molecule has 1 N–H and O–H groups in total. The van der Waals surface area contributed by atoms with Crippen LogP contribution in [0.2, 0.25) is 20.1 Å². The molecule has 224 valence electrons. The van der Waals surface area contributed by atoms with Gasteiger partial charge in [-0.3, -0.25) is 13.9 Å². The molecule has 4 rings (SSSR count). The minimum absolute atomic E-state index is 0.00514. The second-order valence-electron chi connectivity index (χ2n) is 10.1. The van der Waals surface area contributed by atoms with E-state index in [9.17, 15) is 18.0 Å². The van der Waals surface area contributed by atoms with Crippen molar-refractivity contribution in [1.82, 2.24) is 10.2 Å². The zero-order valence-electron chi connectivity index (χ0n) is 22.9. The zero-order valence-corrected chi connectivity index (χ0v) is 26.7. The summed E-state index contributed by atoms with van der Waals surface area (Å²) in [5, 5.41) is 3.83. The molecule has 1 atom stereocenters.